The van der Waals surface area contributed by atoms with Gasteiger partial charge in [-0.25, -0.2) is 9.59 Å². The lowest BCUT2D eigenvalue weighted by Gasteiger charge is -2.19. The van der Waals surface area contributed by atoms with Gasteiger partial charge in [0.25, 0.3) is 0 Å². The van der Waals surface area contributed by atoms with Gasteiger partial charge in [-0.05, 0) is 0 Å². The molecular weight excluding hydrogens is 228 g/mol. The second-order valence-electron chi connectivity index (χ2n) is 3.22. The fourth-order valence-electron chi connectivity index (χ4n) is 1.35. The molecule has 0 aromatic rings. The molecule has 6 nitrogen and oxygen atoms in total. The molecule has 0 aromatic carbocycles. The molecule has 0 N–H and O–H groups in total. The Labute approximate surface area is 97.8 Å². The van der Waals surface area contributed by atoms with Crippen molar-refractivity contribution in [1.29, 1.82) is 0 Å². The summed E-state index contributed by atoms with van der Waals surface area (Å²) < 4.78 is 14.8. The number of rotatable bonds is 5. The van der Waals surface area contributed by atoms with Crippen LogP contribution in [0.5, 0.6) is 0 Å². The number of esters is 2. The van der Waals surface area contributed by atoms with Gasteiger partial charge in [0.2, 0.25) is 0 Å². The molecule has 1 rings (SSSR count). The van der Waals surface area contributed by atoms with Crippen molar-refractivity contribution in [1.82, 2.24) is 0 Å². The fraction of sp³-hybridized carbons (Fsp3) is 0.364. The molecule has 1 heterocycles. The molecule has 0 saturated carbocycles. The third kappa shape index (κ3) is 3.25. The van der Waals surface area contributed by atoms with Crippen LogP contribution in [0.25, 0.3) is 0 Å². The average Bonchev–Trinajstić information content (AvgIpc) is 2.71. The summed E-state index contributed by atoms with van der Waals surface area (Å²) in [5.74, 6) is -1.39. The Hall–Kier alpha value is -1.95. The van der Waals surface area contributed by atoms with E-state index in [4.69, 9.17) is 14.2 Å². The Kier molecular flexibility index (Phi) is 4.59. The molecule has 1 fully saturated rings. The highest BCUT2D eigenvalue weighted by atomic mass is 16.6. The topological polar surface area (TPSA) is 78.9 Å². The largest absolute Gasteiger partial charge is 0.453 e. The quantitative estimate of drug-likeness (QED) is 0.375. The SMILES string of the molecule is C=CC(=O)OC1COC(C=O)C1OC(=O)C=C. The first-order chi connectivity index (χ1) is 8.12. The molecule has 0 aromatic heterocycles. The van der Waals surface area contributed by atoms with E-state index in [-0.39, 0.29) is 6.61 Å². The number of aldehydes is 1. The van der Waals surface area contributed by atoms with E-state index in [1.165, 1.54) is 0 Å². The van der Waals surface area contributed by atoms with Gasteiger partial charge in [-0.15, -0.1) is 0 Å². The van der Waals surface area contributed by atoms with Gasteiger partial charge in [0.05, 0.1) is 6.61 Å². The molecule has 1 aliphatic rings. The van der Waals surface area contributed by atoms with Crippen molar-refractivity contribution in [2.24, 2.45) is 0 Å². The number of carbonyl (C=O) groups excluding carboxylic acids is 3. The van der Waals surface area contributed by atoms with Gasteiger partial charge in [-0.1, -0.05) is 13.2 Å². The van der Waals surface area contributed by atoms with Crippen LogP contribution in [0.15, 0.2) is 25.3 Å². The predicted octanol–water partition coefficient (Wildman–Crippen LogP) is -0.220. The van der Waals surface area contributed by atoms with E-state index in [1.54, 1.807) is 0 Å². The summed E-state index contributed by atoms with van der Waals surface area (Å²) in [6.07, 6.45) is -0.307. The molecule has 0 amide bonds. The lowest BCUT2D eigenvalue weighted by Crippen LogP contribution is -2.38. The molecular formula is C11H12O6. The number of carbonyl (C=O) groups is 3. The van der Waals surface area contributed by atoms with E-state index < -0.39 is 30.3 Å². The third-order valence-electron chi connectivity index (χ3n) is 2.13. The minimum atomic E-state index is -0.957. The molecule has 3 atom stereocenters. The van der Waals surface area contributed by atoms with Gasteiger partial charge < -0.3 is 19.0 Å². The maximum absolute atomic E-state index is 11.1. The first-order valence-corrected chi connectivity index (χ1v) is 4.85. The second kappa shape index (κ2) is 5.95. The van der Waals surface area contributed by atoms with Gasteiger partial charge in [0.15, 0.2) is 24.6 Å². The molecule has 6 heteroatoms. The van der Waals surface area contributed by atoms with Crippen LogP contribution in [0, 0.1) is 0 Å². The molecule has 1 saturated heterocycles. The number of hydrogen-bond donors (Lipinski definition) is 0. The van der Waals surface area contributed by atoms with Crippen LogP contribution in [0.1, 0.15) is 0 Å². The van der Waals surface area contributed by atoms with Gasteiger partial charge in [0, 0.05) is 12.2 Å². The Morgan fingerprint density at radius 1 is 1.18 bits per heavy atom. The van der Waals surface area contributed by atoms with E-state index in [0.717, 1.165) is 12.2 Å². The van der Waals surface area contributed by atoms with Crippen molar-refractivity contribution in [2.45, 2.75) is 18.3 Å². The van der Waals surface area contributed by atoms with E-state index in [0.29, 0.717) is 6.29 Å². The van der Waals surface area contributed by atoms with Crippen LogP contribution in [-0.4, -0.2) is 43.1 Å². The Bertz CT molecular complexity index is 348. The summed E-state index contributed by atoms with van der Waals surface area (Å²) in [6, 6.07) is 0. The van der Waals surface area contributed by atoms with Crippen molar-refractivity contribution in [2.75, 3.05) is 6.61 Å². The normalized spacial score (nSPS) is 26.9. The van der Waals surface area contributed by atoms with E-state index in [1.807, 2.05) is 0 Å². The average molecular weight is 240 g/mol. The van der Waals surface area contributed by atoms with Crippen molar-refractivity contribution in [3.8, 4) is 0 Å². The van der Waals surface area contributed by atoms with Crippen molar-refractivity contribution >= 4 is 18.2 Å². The van der Waals surface area contributed by atoms with E-state index in [2.05, 4.69) is 13.2 Å². The third-order valence-corrected chi connectivity index (χ3v) is 2.13. The number of hydrogen-bond acceptors (Lipinski definition) is 6. The Morgan fingerprint density at radius 3 is 2.29 bits per heavy atom. The molecule has 17 heavy (non-hydrogen) atoms. The molecule has 1 aliphatic heterocycles. The molecule has 0 spiro atoms. The molecule has 0 bridgehead atoms. The standard InChI is InChI=1S/C11H12O6/c1-3-9(13)16-8-6-15-7(5-12)11(8)17-10(14)4-2/h3-5,7-8,11H,1-2,6H2. The fourth-order valence-corrected chi connectivity index (χ4v) is 1.35. The van der Waals surface area contributed by atoms with Gasteiger partial charge in [-0.2, -0.15) is 0 Å². The molecule has 0 radical (unpaired) electrons. The zero-order valence-electron chi connectivity index (χ0n) is 9.03. The summed E-state index contributed by atoms with van der Waals surface area (Å²) >= 11 is 0. The van der Waals surface area contributed by atoms with Crippen molar-refractivity contribution in [3.05, 3.63) is 25.3 Å². The van der Waals surface area contributed by atoms with Crippen LogP contribution in [0.4, 0.5) is 0 Å². The van der Waals surface area contributed by atoms with Gasteiger partial charge in [-0.3, -0.25) is 0 Å². The summed E-state index contributed by atoms with van der Waals surface area (Å²) in [5.41, 5.74) is 0. The summed E-state index contributed by atoms with van der Waals surface area (Å²) in [5, 5.41) is 0. The zero-order valence-corrected chi connectivity index (χ0v) is 9.03. The van der Waals surface area contributed by atoms with Crippen LogP contribution in [0.2, 0.25) is 0 Å². The van der Waals surface area contributed by atoms with Crippen LogP contribution in [0.3, 0.4) is 0 Å². The number of ether oxygens (including phenoxy) is 3. The molecule has 92 valence electrons. The minimum absolute atomic E-state index is 0.0158. The summed E-state index contributed by atoms with van der Waals surface area (Å²) in [7, 11) is 0. The zero-order chi connectivity index (χ0) is 12.8. The minimum Gasteiger partial charge on any atom is -0.453 e. The highest BCUT2D eigenvalue weighted by Gasteiger charge is 2.42. The first kappa shape index (κ1) is 13.1. The monoisotopic (exact) mass is 240 g/mol. The summed E-state index contributed by atoms with van der Waals surface area (Å²) in [6.45, 7) is 6.45. The maximum atomic E-state index is 11.1. The highest BCUT2D eigenvalue weighted by Crippen LogP contribution is 2.20. The lowest BCUT2D eigenvalue weighted by atomic mass is 10.1. The first-order valence-electron chi connectivity index (χ1n) is 4.85. The smallest absolute Gasteiger partial charge is 0.330 e. The van der Waals surface area contributed by atoms with Gasteiger partial charge >= 0.3 is 11.9 Å². The lowest BCUT2D eigenvalue weighted by molar-refractivity contribution is -0.159. The Morgan fingerprint density at radius 2 is 1.76 bits per heavy atom. The highest BCUT2D eigenvalue weighted by molar-refractivity contribution is 5.82. The Balaban J connectivity index is 2.71. The van der Waals surface area contributed by atoms with Gasteiger partial charge in [0.1, 0.15) is 0 Å². The maximum Gasteiger partial charge on any atom is 0.330 e. The van der Waals surface area contributed by atoms with Crippen molar-refractivity contribution < 1.29 is 28.6 Å². The second-order valence-corrected chi connectivity index (χ2v) is 3.22. The van der Waals surface area contributed by atoms with Crippen LogP contribution in [-0.2, 0) is 28.6 Å². The van der Waals surface area contributed by atoms with Crippen LogP contribution < -0.4 is 0 Å². The van der Waals surface area contributed by atoms with Crippen molar-refractivity contribution in [3.63, 3.8) is 0 Å². The van der Waals surface area contributed by atoms with E-state index >= 15 is 0 Å². The van der Waals surface area contributed by atoms with Crippen LogP contribution >= 0.6 is 0 Å². The predicted molar refractivity (Wildman–Crippen MR) is 56.0 cm³/mol. The van der Waals surface area contributed by atoms with E-state index in [9.17, 15) is 14.4 Å². The molecule has 3 unspecified atom stereocenters. The summed E-state index contributed by atoms with van der Waals surface area (Å²) in [4.78, 5) is 32.8. The molecule has 0 aliphatic carbocycles.